The van der Waals surface area contributed by atoms with Crippen molar-refractivity contribution in [1.82, 2.24) is 0 Å². The molecule has 74 valence electrons. The fourth-order valence-electron chi connectivity index (χ4n) is 0.820. The fraction of sp³-hybridized carbons (Fsp3) is 0. The lowest BCUT2D eigenvalue weighted by Gasteiger charge is -1.96. The van der Waals surface area contributed by atoms with Crippen LogP contribution in [0.3, 0.4) is 0 Å². The minimum atomic E-state index is -0.937. The van der Waals surface area contributed by atoms with Crippen LogP contribution >= 0.6 is 11.6 Å². The van der Waals surface area contributed by atoms with E-state index >= 15 is 0 Å². The van der Waals surface area contributed by atoms with Gasteiger partial charge in [-0.2, -0.15) is 0 Å². The Balaban J connectivity index is 3.20. The topological polar surface area (TPSA) is 43.1 Å². The predicted molar refractivity (Wildman–Crippen MR) is 47.2 cm³/mol. The summed E-state index contributed by atoms with van der Waals surface area (Å²) in [7, 11) is 0. The van der Waals surface area contributed by atoms with E-state index in [9.17, 15) is 18.9 Å². The van der Waals surface area contributed by atoms with Crippen LogP contribution in [-0.2, 0) is 0 Å². The number of nitrogens with zero attached hydrogens (tertiary/aromatic N) is 1. The maximum absolute atomic E-state index is 12.9. The molecule has 0 aliphatic rings. The molecule has 0 spiro atoms. The summed E-state index contributed by atoms with van der Waals surface area (Å²) in [5.74, 6) is -1.80. The number of hydrogen-bond donors (Lipinski definition) is 0. The van der Waals surface area contributed by atoms with Crippen LogP contribution < -0.4 is 0 Å². The van der Waals surface area contributed by atoms with Crippen molar-refractivity contribution in [3.05, 3.63) is 50.7 Å². The summed E-state index contributed by atoms with van der Waals surface area (Å²) in [5, 5.41) is 9.25. The Morgan fingerprint density at radius 2 is 1.93 bits per heavy atom. The van der Waals surface area contributed by atoms with Crippen LogP contribution in [0, 0.1) is 21.7 Å². The van der Waals surface area contributed by atoms with Gasteiger partial charge in [0.25, 0.3) is 0 Å². The van der Waals surface area contributed by atoms with Gasteiger partial charge in [-0.3, -0.25) is 10.1 Å². The lowest BCUT2D eigenvalue weighted by molar-refractivity contribution is -0.410. The van der Waals surface area contributed by atoms with E-state index < -0.39 is 27.3 Å². The smallest absolute Gasteiger partial charge is 0.257 e. The van der Waals surface area contributed by atoms with E-state index in [4.69, 9.17) is 11.6 Å². The first kappa shape index (κ1) is 10.6. The van der Waals surface area contributed by atoms with Gasteiger partial charge in [-0.1, -0.05) is 6.07 Å². The third-order valence-corrected chi connectivity index (χ3v) is 1.68. The van der Waals surface area contributed by atoms with Crippen LogP contribution in [0.5, 0.6) is 0 Å². The van der Waals surface area contributed by atoms with Gasteiger partial charge < -0.3 is 0 Å². The third-order valence-electron chi connectivity index (χ3n) is 1.44. The number of hydrogen-bond acceptors (Lipinski definition) is 2. The zero-order valence-electron chi connectivity index (χ0n) is 6.71. The van der Waals surface area contributed by atoms with E-state index in [1.807, 2.05) is 0 Å². The average Bonchev–Trinajstić information content (AvgIpc) is 2.11. The molecule has 6 heteroatoms. The highest BCUT2D eigenvalue weighted by molar-refractivity contribution is 6.29. The third kappa shape index (κ3) is 2.26. The van der Waals surface area contributed by atoms with Crippen molar-refractivity contribution in [2.45, 2.75) is 0 Å². The first-order chi connectivity index (χ1) is 6.52. The Morgan fingerprint density at radius 1 is 1.43 bits per heavy atom. The zero-order valence-corrected chi connectivity index (χ0v) is 7.46. The molecule has 1 rings (SSSR count). The number of benzene rings is 1. The minimum Gasteiger partial charge on any atom is -0.257 e. The first-order valence-electron chi connectivity index (χ1n) is 3.48. The van der Waals surface area contributed by atoms with Gasteiger partial charge in [0, 0.05) is 6.08 Å². The molecule has 0 atom stereocenters. The van der Waals surface area contributed by atoms with Crippen LogP contribution in [0.25, 0.3) is 6.08 Å². The van der Waals surface area contributed by atoms with E-state index in [0.717, 1.165) is 18.2 Å². The van der Waals surface area contributed by atoms with Crippen LogP contribution in [-0.4, -0.2) is 4.92 Å². The molecule has 0 N–H and O–H groups in total. The van der Waals surface area contributed by atoms with Crippen molar-refractivity contribution in [3.63, 3.8) is 0 Å². The van der Waals surface area contributed by atoms with Crippen LogP contribution in [0.4, 0.5) is 8.78 Å². The molecule has 0 fully saturated rings. The van der Waals surface area contributed by atoms with Gasteiger partial charge in [-0.15, -0.1) is 0 Å². The highest BCUT2D eigenvalue weighted by Gasteiger charge is 2.11. The molecule has 0 aliphatic carbocycles. The SMILES string of the molecule is O=[N+]([O-])/C(Cl)=C/c1c(F)cccc1F. The first-order valence-corrected chi connectivity index (χ1v) is 3.86. The standard InChI is InChI=1S/C8H4ClF2NO2/c9-8(12(13)14)4-5-6(10)2-1-3-7(5)11/h1-4H/b8-4+. The molecule has 14 heavy (non-hydrogen) atoms. The largest absolute Gasteiger partial charge is 0.338 e. The molecule has 0 aliphatic heterocycles. The van der Waals surface area contributed by atoms with Crippen molar-refractivity contribution in [1.29, 1.82) is 0 Å². The second-order valence-electron chi connectivity index (χ2n) is 2.36. The maximum Gasteiger partial charge on any atom is 0.338 e. The van der Waals surface area contributed by atoms with Crippen LogP contribution in [0.1, 0.15) is 5.56 Å². The summed E-state index contributed by atoms with van der Waals surface area (Å²) in [5.41, 5.74) is -0.519. The molecular weight excluding hydrogens is 216 g/mol. The molecule has 0 heterocycles. The molecular formula is C8H4ClF2NO2. The van der Waals surface area contributed by atoms with Crippen molar-refractivity contribution in [2.24, 2.45) is 0 Å². The number of nitro groups is 1. The van der Waals surface area contributed by atoms with E-state index in [0.29, 0.717) is 6.08 Å². The quantitative estimate of drug-likeness (QED) is 0.436. The van der Waals surface area contributed by atoms with Crippen molar-refractivity contribution >= 4 is 17.7 Å². The lowest BCUT2D eigenvalue weighted by atomic mass is 10.2. The highest BCUT2D eigenvalue weighted by Crippen LogP contribution is 2.17. The molecule has 0 bridgehead atoms. The molecule has 0 saturated carbocycles. The molecule has 0 unspecified atom stereocenters. The Morgan fingerprint density at radius 3 is 2.36 bits per heavy atom. The summed E-state index contributed by atoms with van der Waals surface area (Å²) in [6.45, 7) is 0. The van der Waals surface area contributed by atoms with Gasteiger partial charge in [-0.05, 0) is 23.7 Å². The van der Waals surface area contributed by atoms with Gasteiger partial charge in [0.1, 0.15) is 11.6 Å². The summed E-state index contributed by atoms with van der Waals surface area (Å²) < 4.78 is 25.8. The minimum absolute atomic E-state index is 0.519. The van der Waals surface area contributed by atoms with Gasteiger partial charge in [0.15, 0.2) is 0 Å². The van der Waals surface area contributed by atoms with Gasteiger partial charge in [0.2, 0.25) is 0 Å². The summed E-state index contributed by atoms with van der Waals surface area (Å²) >= 11 is 5.12. The second-order valence-corrected chi connectivity index (χ2v) is 2.75. The molecule has 0 aromatic heterocycles. The van der Waals surface area contributed by atoms with Crippen molar-refractivity contribution < 1.29 is 13.7 Å². The molecule has 1 aromatic rings. The average molecular weight is 220 g/mol. The van der Waals surface area contributed by atoms with E-state index in [1.54, 1.807) is 0 Å². The fourth-order valence-corrected chi connectivity index (χ4v) is 0.930. The summed E-state index contributed by atoms with van der Waals surface area (Å²) in [6.07, 6.45) is 0.631. The summed E-state index contributed by atoms with van der Waals surface area (Å²) in [6, 6.07) is 3.13. The Labute approximate surface area is 82.8 Å². The van der Waals surface area contributed by atoms with Crippen molar-refractivity contribution in [2.75, 3.05) is 0 Å². The highest BCUT2D eigenvalue weighted by atomic mass is 35.5. The monoisotopic (exact) mass is 219 g/mol. The number of halogens is 3. The van der Waals surface area contributed by atoms with Gasteiger partial charge in [0.05, 0.1) is 10.5 Å². The van der Waals surface area contributed by atoms with Crippen LogP contribution in [0.2, 0.25) is 0 Å². The lowest BCUT2D eigenvalue weighted by Crippen LogP contribution is -1.94. The molecule has 1 aromatic carbocycles. The summed E-state index contributed by atoms with van der Waals surface area (Å²) in [4.78, 5) is 9.15. The van der Waals surface area contributed by atoms with Gasteiger partial charge in [-0.25, -0.2) is 8.78 Å². The van der Waals surface area contributed by atoms with E-state index in [-0.39, 0.29) is 0 Å². The zero-order chi connectivity index (χ0) is 10.7. The maximum atomic E-state index is 12.9. The van der Waals surface area contributed by atoms with E-state index in [2.05, 4.69) is 0 Å². The number of rotatable bonds is 2. The Hall–Kier alpha value is -1.49. The normalized spacial score (nSPS) is 11.5. The predicted octanol–water partition coefficient (Wildman–Crippen LogP) is 2.78. The van der Waals surface area contributed by atoms with E-state index in [1.165, 1.54) is 0 Å². The van der Waals surface area contributed by atoms with Crippen LogP contribution in [0.15, 0.2) is 23.4 Å². The molecule has 0 saturated heterocycles. The molecule has 0 radical (unpaired) electrons. The van der Waals surface area contributed by atoms with Crippen molar-refractivity contribution in [3.8, 4) is 0 Å². The molecule has 3 nitrogen and oxygen atoms in total. The Kier molecular flexibility index (Phi) is 3.14. The molecule has 0 amide bonds. The van der Waals surface area contributed by atoms with Gasteiger partial charge >= 0.3 is 5.16 Å². The Bertz CT molecular complexity index is 386. The second kappa shape index (κ2) is 4.15.